The van der Waals surface area contributed by atoms with Gasteiger partial charge in [-0.1, -0.05) is 6.07 Å². The molecule has 43 heavy (non-hydrogen) atoms. The third kappa shape index (κ3) is 3.95. The van der Waals surface area contributed by atoms with Crippen molar-refractivity contribution in [3.05, 3.63) is 53.4 Å². The average molecular weight is 592 g/mol. The van der Waals surface area contributed by atoms with Gasteiger partial charge in [0.05, 0.1) is 52.6 Å². The average Bonchev–Trinajstić information content (AvgIpc) is 3.58. The minimum atomic E-state index is -0.377. The van der Waals surface area contributed by atoms with Crippen LogP contribution in [-0.4, -0.2) is 62.5 Å². The maximum absolute atomic E-state index is 9.40. The zero-order chi connectivity index (χ0) is 28.8. The topological polar surface area (TPSA) is 105 Å². The lowest BCUT2D eigenvalue weighted by Gasteiger charge is -2.34. The summed E-state index contributed by atoms with van der Waals surface area (Å²) in [5.41, 5.74) is 9.54. The van der Waals surface area contributed by atoms with Gasteiger partial charge in [0.1, 0.15) is 11.2 Å². The van der Waals surface area contributed by atoms with Crippen LogP contribution in [0, 0.1) is 16.7 Å². The quantitative estimate of drug-likeness (QED) is 0.241. The molecule has 0 amide bonds. The highest BCUT2D eigenvalue weighted by molar-refractivity contribution is 7.13. The Balaban J connectivity index is 1.17. The van der Waals surface area contributed by atoms with Crippen LogP contribution >= 0.6 is 11.3 Å². The van der Waals surface area contributed by atoms with E-state index in [4.69, 9.17) is 19.6 Å². The van der Waals surface area contributed by atoms with E-state index in [1.54, 1.807) is 18.4 Å². The number of H-pyrrole nitrogens is 1. The van der Waals surface area contributed by atoms with Crippen molar-refractivity contribution >= 4 is 33.3 Å². The van der Waals surface area contributed by atoms with Crippen molar-refractivity contribution in [2.75, 3.05) is 26.7 Å². The lowest BCUT2D eigenvalue weighted by molar-refractivity contribution is -0.0296. The van der Waals surface area contributed by atoms with Gasteiger partial charge >= 0.3 is 0 Å². The summed E-state index contributed by atoms with van der Waals surface area (Å²) in [6, 6.07) is 9.55. The van der Waals surface area contributed by atoms with Gasteiger partial charge in [-0.15, -0.1) is 11.3 Å². The molecule has 2 saturated carbocycles. The fourth-order valence-corrected chi connectivity index (χ4v) is 8.51. The molecule has 0 unspecified atom stereocenters. The van der Waals surface area contributed by atoms with Crippen LogP contribution in [0.15, 0.2) is 42.3 Å². The van der Waals surface area contributed by atoms with Gasteiger partial charge in [0.2, 0.25) is 0 Å². The van der Waals surface area contributed by atoms with Crippen molar-refractivity contribution in [1.29, 1.82) is 5.26 Å². The number of pyridine rings is 1. The number of ether oxygens (including phenoxy) is 2. The standard InChI is InChI=1S/C33H33N7O2S/c1-41-24-11-23(12-24)40-25-3-2-20(10-21(25)14-37-40)27-28-29-22(13-36-31(28)38-30(27)26-15-35-19-43-26)16-42-33(29)7-9-39(18-33)17-32(4-5-32)6-8-34/h2-3,10,13-15,19,23-24H,4-7,9,11-12,16-18H2,1H3,(H,36,38)/t23?,24?,33-/m1/s1. The van der Waals surface area contributed by atoms with Crippen LogP contribution < -0.4 is 0 Å². The first-order valence-corrected chi connectivity index (χ1v) is 16.1. The molecule has 4 aliphatic rings. The Hall–Kier alpha value is -3.62. The molecule has 0 radical (unpaired) electrons. The summed E-state index contributed by atoms with van der Waals surface area (Å²) in [4.78, 5) is 16.7. The second-order valence-electron chi connectivity index (χ2n) is 13.0. The minimum Gasteiger partial charge on any atom is -0.381 e. The van der Waals surface area contributed by atoms with Gasteiger partial charge in [-0.25, -0.2) is 4.98 Å². The van der Waals surface area contributed by atoms with Crippen LogP contribution in [0.3, 0.4) is 0 Å². The van der Waals surface area contributed by atoms with Crippen molar-refractivity contribution in [2.24, 2.45) is 5.41 Å². The first kappa shape index (κ1) is 25.8. The van der Waals surface area contributed by atoms with Gasteiger partial charge in [-0.3, -0.25) is 14.6 Å². The van der Waals surface area contributed by atoms with Crippen molar-refractivity contribution in [3.63, 3.8) is 0 Å². The van der Waals surface area contributed by atoms with Crippen LogP contribution in [0.1, 0.15) is 55.7 Å². The number of fused-ring (bicyclic) bond motifs is 5. The number of nitriles is 1. The zero-order valence-corrected chi connectivity index (χ0v) is 25.0. The van der Waals surface area contributed by atoms with Crippen molar-refractivity contribution < 1.29 is 9.47 Å². The normalized spacial score (nSPS) is 25.9. The third-order valence-corrected chi connectivity index (χ3v) is 11.2. The number of methoxy groups -OCH3 is 1. The highest BCUT2D eigenvalue weighted by Gasteiger charge is 2.51. The Morgan fingerprint density at radius 2 is 2.12 bits per heavy atom. The van der Waals surface area contributed by atoms with Gasteiger partial charge < -0.3 is 14.5 Å². The van der Waals surface area contributed by atoms with Crippen LogP contribution in [0.2, 0.25) is 0 Å². The molecule has 0 bridgehead atoms. The predicted molar refractivity (Wildman–Crippen MR) is 164 cm³/mol. The van der Waals surface area contributed by atoms with Gasteiger partial charge in [-0.05, 0) is 55.2 Å². The van der Waals surface area contributed by atoms with Gasteiger partial charge in [0, 0.05) is 73.0 Å². The van der Waals surface area contributed by atoms with E-state index in [0.29, 0.717) is 25.2 Å². The van der Waals surface area contributed by atoms with E-state index >= 15 is 0 Å². The molecule has 1 atom stereocenters. The summed E-state index contributed by atoms with van der Waals surface area (Å²) in [6.45, 7) is 3.39. The largest absolute Gasteiger partial charge is 0.381 e. The number of benzene rings is 1. The Labute approximate surface area is 253 Å². The highest BCUT2D eigenvalue weighted by atomic mass is 32.1. The molecule has 9 nitrogen and oxygen atoms in total. The number of hydrogen-bond donors (Lipinski definition) is 1. The summed E-state index contributed by atoms with van der Waals surface area (Å²) in [5, 5.41) is 16.5. The molecule has 1 saturated heterocycles. The molecule has 1 spiro atoms. The Morgan fingerprint density at radius 1 is 1.21 bits per heavy atom. The van der Waals surface area contributed by atoms with Crippen LogP contribution in [0.5, 0.6) is 0 Å². The molecule has 1 N–H and O–H groups in total. The number of thiazole rings is 1. The Kier molecular flexibility index (Phi) is 5.67. The lowest BCUT2D eigenvalue weighted by atomic mass is 9.87. The zero-order valence-electron chi connectivity index (χ0n) is 24.2. The number of hydrogen-bond acceptors (Lipinski definition) is 8. The number of aromatic nitrogens is 5. The first-order valence-electron chi connectivity index (χ1n) is 15.3. The van der Waals surface area contributed by atoms with E-state index in [1.165, 1.54) is 11.1 Å². The molecule has 218 valence electrons. The number of nitrogens with one attached hydrogen (secondary N) is 1. The van der Waals surface area contributed by atoms with Crippen molar-refractivity contribution in [1.82, 2.24) is 29.6 Å². The molecular weight excluding hydrogens is 558 g/mol. The summed E-state index contributed by atoms with van der Waals surface area (Å²) < 4.78 is 14.4. The van der Waals surface area contributed by atoms with E-state index in [-0.39, 0.29) is 11.0 Å². The maximum atomic E-state index is 9.40. The predicted octanol–water partition coefficient (Wildman–Crippen LogP) is 6.18. The van der Waals surface area contributed by atoms with E-state index in [9.17, 15) is 5.26 Å². The molecule has 3 fully saturated rings. The van der Waals surface area contributed by atoms with E-state index in [0.717, 1.165) is 95.4 Å². The van der Waals surface area contributed by atoms with Crippen LogP contribution in [0.25, 0.3) is 43.6 Å². The number of aromatic amines is 1. The van der Waals surface area contributed by atoms with Crippen molar-refractivity contribution in [2.45, 2.75) is 62.9 Å². The fraction of sp³-hybridized carbons (Fsp3) is 0.455. The first-order chi connectivity index (χ1) is 21.1. The van der Waals surface area contributed by atoms with Gasteiger partial charge in [0.15, 0.2) is 0 Å². The molecule has 4 aromatic heterocycles. The molecule has 2 aliphatic heterocycles. The number of likely N-dealkylation sites (tertiary alicyclic amines) is 1. The molecule has 5 aromatic rings. The summed E-state index contributed by atoms with van der Waals surface area (Å²) in [7, 11) is 1.79. The lowest BCUT2D eigenvalue weighted by Crippen LogP contribution is -2.34. The SMILES string of the molecule is COC1CC(n2ncc3cc(-c4c(-c5cncs5)[nH]c5ncc6c(c45)[C@]4(CCN(CC5(CC#N)CC5)C4)OC6)ccc32)C1. The Bertz CT molecular complexity index is 1910. The summed E-state index contributed by atoms with van der Waals surface area (Å²) >= 11 is 1.64. The molecule has 6 heterocycles. The van der Waals surface area contributed by atoms with E-state index in [2.05, 4.69) is 43.8 Å². The Morgan fingerprint density at radius 3 is 2.91 bits per heavy atom. The maximum Gasteiger partial charge on any atom is 0.138 e. The molecule has 10 heteroatoms. The monoisotopic (exact) mass is 591 g/mol. The molecule has 2 aliphatic carbocycles. The minimum absolute atomic E-state index is 0.178. The molecule has 1 aromatic carbocycles. The van der Waals surface area contributed by atoms with Crippen LogP contribution in [0.4, 0.5) is 0 Å². The second-order valence-corrected chi connectivity index (χ2v) is 13.9. The van der Waals surface area contributed by atoms with E-state index in [1.807, 2.05) is 24.1 Å². The third-order valence-electron chi connectivity index (χ3n) is 10.5. The van der Waals surface area contributed by atoms with Gasteiger partial charge in [-0.2, -0.15) is 10.4 Å². The molecule has 9 rings (SSSR count). The highest BCUT2D eigenvalue weighted by Crippen LogP contribution is 2.54. The molecular formula is C33H33N7O2S. The fourth-order valence-electron chi connectivity index (χ4n) is 7.88. The summed E-state index contributed by atoms with van der Waals surface area (Å²) in [5.74, 6) is 0. The second kappa shape index (κ2) is 9.44. The number of rotatable bonds is 7. The van der Waals surface area contributed by atoms with Crippen molar-refractivity contribution in [3.8, 4) is 27.8 Å². The van der Waals surface area contributed by atoms with Gasteiger partial charge in [0.25, 0.3) is 0 Å². The summed E-state index contributed by atoms with van der Waals surface area (Å²) in [6.07, 6.45) is 12.2. The van der Waals surface area contributed by atoms with Crippen LogP contribution in [-0.2, 0) is 21.7 Å². The number of nitrogens with zero attached hydrogens (tertiary/aromatic N) is 6. The smallest absolute Gasteiger partial charge is 0.138 e. The van der Waals surface area contributed by atoms with E-state index < -0.39 is 0 Å².